The molecule has 0 amide bonds. The summed E-state index contributed by atoms with van der Waals surface area (Å²) in [7, 11) is 1.77. The van der Waals surface area contributed by atoms with Gasteiger partial charge in [-0.1, -0.05) is 20.8 Å². The number of nitrogens with one attached hydrogen (secondary N) is 2. The van der Waals surface area contributed by atoms with E-state index in [1.807, 2.05) is 11.8 Å². The van der Waals surface area contributed by atoms with E-state index in [0.717, 1.165) is 12.5 Å². The summed E-state index contributed by atoms with van der Waals surface area (Å²) in [6.45, 7) is 10.2. The van der Waals surface area contributed by atoms with Crippen molar-refractivity contribution in [3.05, 3.63) is 0 Å². The molecule has 0 aliphatic carbocycles. The first-order valence-corrected chi connectivity index (χ1v) is 8.78. The first kappa shape index (κ1) is 21.3. The molecule has 1 rings (SSSR count). The van der Waals surface area contributed by atoms with Gasteiger partial charge >= 0.3 is 0 Å². The Morgan fingerprint density at radius 3 is 2.62 bits per heavy atom. The van der Waals surface area contributed by atoms with Gasteiger partial charge in [-0.3, -0.25) is 4.99 Å². The van der Waals surface area contributed by atoms with Crippen molar-refractivity contribution >= 4 is 41.7 Å². The van der Waals surface area contributed by atoms with E-state index in [4.69, 9.17) is 9.73 Å². The maximum atomic E-state index is 5.57. The summed E-state index contributed by atoms with van der Waals surface area (Å²) < 4.78 is 5.57. The highest BCUT2D eigenvalue weighted by Gasteiger charge is 2.24. The lowest BCUT2D eigenvalue weighted by atomic mass is 9.89. The summed E-state index contributed by atoms with van der Waals surface area (Å²) in [5, 5.41) is 6.89. The van der Waals surface area contributed by atoms with Crippen LogP contribution in [0.5, 0.6) is 0 Å². The zero-order chi connectivity index (χ0) is 15.0. The van der Waals surface area contributed by atoms with E-state index in [1.165, 1.54) is 24.3 Å². The Hall–Kier alpha value is 0.310. The summed E-state index contributed by atoms with van der Waals surface area (Å²) >= 11 is 2.03. The van der Waals surface area contributed by atoms with Gasteiger partial charge in [0.15, 0.2) is 5.96 Å². The van der Waals surface area contributed by atoms with Gasteiger partial charge in [-0.25, -0.2) is 0 Å². The van der Waals surface area contributed by atoms with Gasteiger partial charge in [0.25, 0.3) is 0 Å². The van der Waals surface area contributed by atoms with Crippen molar-refractivity contribution in [2.24, 2.45) is 10.4 Å². The lowest BCUT2D eigenvalue weighted by Gasteiger charge is -2.29. The van der Waals surface area contributed by atoms with Crippen LogP contribution in [0.25, 0.3) is 0 Å². The third-order valence-electron chi connectivity index (χ3n) is 3.51. The molecule has 1 heterocycles. The fraction of sp³-hybridized carbons (Fsp3) is 0.933. The van der Waals surface area contributed by atoms with Crippen molar-refractivity contribution in [2.45, 2.75) is 52.7 Å². The van der Waals surface area contributed by atoms with Crippen LogP contribution >= 0.6 is 35.7 Å². The van der Waals surface area contributed by atoms with Gasteiger partial charge < -0.3 is 15.4 Å². The lowest BCUT2D eigenvalue weighted by molar-refractivity contribution is 0.0241. The molecule has 0 spiro atoms. The lowest BCUT2D eigenvalue weighted by Crippen LogP contribution is -2.46. The molecule has 1 aliphatic rings. The monoisotopic (exact) mass is 429 g/mol. The van der Waals surface area contributed by atoms with Crippen molar-refractivity contribution in [3.8, 4) is 0 Å². The average molecular weight is 429 g/mol. The Morgan fingerprint density at radius 1 is 1.43 bits per heavy atom. The minimum Gasteiger partial charge on any atom is -0.379 e. The van der Waals surface area contributed by atoms with Crippen LogP contribution in [0.15, 0.2) is 4.99 Å². The quantitative estimate of drug-likeness (QED) is 0.401. The molecule has 0 aromatic carbocycles. The zero-order valence-electron chi connectivity index (χ0n) is 14.1. The second-order valence-electron chi connectivity index (χ2n) is 6.37. The highest BCUT2D eigenvalue weighted by molar-refractivity contribution is 14.0. The maximum absolute atomic E-state index is 5.57. The largest absolute Gasteiger partial charge is 0.379 e. The smallest absolute Gasteiger partial charge is 0.191 e. The van der Waals surface area contributed by atoms with Crippen LogP contribution in [0.2, 0.25) is 0 Å². The van der Waals surface area contributed by atoms with Crippen LogP contribution in [0.4, 0.5) is 0 Å². The second kappa shape index (κ2) is 10.9. The molecule has 21 heavy (non-hydrogen) atoms. The normalized spacial score (nSPS) is 21.4. The van der Waals surface area contributed by atoms with Crippen LogP contribution in [-0.2, 0) is 4.74 Å². The van der Waals surface area contributed by atoms with E-state index in [-0.39, 0.29) is 35.5 Å². The van der Waals surface area contributed by atoms with Crippen LogP contribution in [0, 0.1) is 5.41 Å². The summed E-state index contributed by atoms with van der Waals surface area (Å²) in [4.78, 5) is 4.71. The van der Waals surface area contributed by atoms with E-state index in [1.54, 1.807) is 7.11 Å². The molecule has 1 aliphatic heterocycles. The summed E-state index contributed by atoms with van der Waals surface area (Å²) in [5.74, 6) is 3.39. The number of halogens is 1. The van der Waals surface area contributed by atoms with Gasteiger partial charge in [0.05, 0.1) is 12.6 Å². The SMILES string of the molecule is CCNC(=NCC(OC)C(C)(C)C)NC1CCCSC1.I. The topological polar surface area (TPSA) is 45.7 Å². The first-order valence-electron chi connectivity index (χ1n) is 7.62. The summed E-state index contributed by atoms with van der Waals surface area (Å²) in [5.41, 5.74) is 0.107. The number of ether oxygens (including phenoxy) is 1. The van der Waals surface area contributed by atoms with Gasteiger partial charge in [0.1, 0.15) is 0 Å². The third-order valence-corrected chi connectivity index (χ3v) is 4.73. The van der Waals surface area contributed by atoms with Gasteiger partial charge in [-0.2, -0.15) is 11.8 Å². The molecular weight excluding hydrogens is 397 g/mol. The Kier molecular flexibility index (Phi) is 11.1. The van der Waals surface area contributed by atoms with Crippen LogP contribution < -0.4 is 10.6 Å². The van der Waals surface area contributed by atoms with Crippen LogP contribution in [0.1, 0.15) is 40.5 Å². The highest BCUT2D eigenvalue weighted by Crippen LogP contribution is 2.22. The van der Waals surface area contributed by atoms with Crippen LogP contribution in [-0.4, -0.2) is 49.8 Å². The number of nitrogens with zero attached hydrogens (tertiary/aromatic N) is 1. The molecule has 1 fully saturated rings. The predicted molar refractivity (Wildman–Crippen MR) is 105 cm³/mol. The van der Waals surface area contributed by atoms with E-state index in [0.29, 0.717) is 12.6 Å². The van der Waals surface area contributed by atoms with Gasteiger partial charge in [0, 0.05) is 25.4 Å². The zero-order valence-corrected chi connectivity index (χ0v) is 17.2. The number of aliphatic imine (C=N–C) groups is 1. The van der Waals surface area contributed by atoms with Gasteiger partial charge in [-0.15, -0.1) is 24.0 Å². The second-order valence-corrected chi connectivity index (χ2v) is 7.52. The molecule has 126 valence electrons. The number of rotatable bonds is 5. The molecule has 4 nitrogen and oxygen atoms in total. The highest BCUT2D eigenvalue weighted by atomic mass is 127. The number of guanidine groups is 1. The first-order chi connectivity index (χ1) is 9.47. The Bertz CT molecular complexity index is 302. The predicted octanol–water partition coefficient (Wildman–Crippen LogP) is 3.12. The van der Waals surface area contributed by atoms with Crippen molar-refractivity contribution in [2.75, 3.05) is 31.7 Å². The minimum atomic E-state index is 0. The van der Waals surface area contributed by atoms with Crippen molar-refractivity contribution in [1.82, 2.24) is 10.6 Å². The number of hydrogen-bond acceptors (Lipinski definition) is 3. The summed E-state index contributed by atoms with van der Waals surface area (Å²) in [6.07, 6.45) is 2.67. The fourth-order valence-electron chi connectivity index (χ4n) is 2.24. The standard InChI is InChI=1S/C15H31N3OS.HI/c1-6-16-14(18-12-8-7-9-20-11-12)17-10-13(19-5)15(2,3)4;/h12-13H,6-11H2,1-5H3,(H2,16,17,18);1H. The maximum Gasteiger partial charge on any atom is 0.191 e. The van der Waals surface area contributed by atoms with E-state index in [2.05, 4.69) is 38.3 Å². The van der Waals surface area contributed by atoms with Crippen molar-refractivity contribution in [3.63, 3.8) is 0 Å². The Morgan fingerprint density at radius 2 is 2.14 bits per heavy atom. The van der Waals surface area contributed by atoms with Crippen LogP contribution in [0.3, 0.4) is 0 Å². The number of hydrogen-bond donors (Lipinski definition) is 2. The molecule has 0 aromatic rings. The molecule has 2 unspecified atom stereocenters. The van der Waals surface area contributed by atoms with Gasteiger partial charge in [0.2, 0.25) is 0 Å². The molecule has 2 atom stereocenters. The Balaban J connectivity index is 0.00000400. The molecule has 0 bridgehead atoms. The van der Waals surface area contributed by atoms with E-state index in [9.17, 15) is 0 Å². The average Bonchev–Trinajstić information content (AvgIpc) is 2.39. The summed E-state index contributed by atoms with van der Waals surface area (Å²) in [6, 6.07) is 0.544. The van der Waals surface area contributed by atoms with Crippen molar-refractivity contribution in [1.29, 1.82) is 0 Å². The van der Waals surface area contributed by atoms with Crippen molar-refractivity contribution < 1.29 is 4.74 Å². The minimum absolute atomic E-state index is 0. The fourth-order valence-corrected chi connectivity index (χ4v) is 3.32. The van der Waals surface area contributed by atoms with E-state index < -0.39 is 0 Å². The molecule has 2 N–H and O–H groups in total. The third kappa shape index (κ3) is 8.50. The van der Waals surface area contributed by atoms with Gasteiger partial charge in [-0.05, 0) is 30.9 Å². The molecule has 0 saturated carbocycles. The number of methoxy groups -OCH3 is 1. The van der Waals surface area contributed by atoms with E-state index >= 15 is 0 Å². The molecule has 6 heteroatoms. The molecule has 0 radical (unpaired) electrons. The molecular formula is C15H32IN3OS. The Labute approximate surface area is 151 Å². The number of thioether (sulfide) groups is 1. The molecule has 0 aromatic heterocycles. The molecule has 1 saturated heterocycles.